The van der Waals surface area contributed by atoms with Gasteiger partial charge in [-0.3, -0.25) is 9.78 Å². The molecule has 5 nitrogen and oxygen atoms in total. The summed E-state index contributed by atoms with van der Waals surface area (Å²) in [5.74, 6) is 0.291. The Bertz CT molecular complexity index is 916. The van der Waals surface area contributed by atoms with Gasteiger partial charge in [-0.25, -0.2) is 0 Å². The van der Waals surface area contributed by atoms with Crippen molar-refractivity contribution in [3.05, 3.63) is 95.8 Å². The smallest absolute Gasteiger partial charge is 0.230 e. The van der Waals surface area contributed by atoms with Crippen LogP contribution in [-0.2, 0) is 11.2 Å². The number of aliphatic hydroxyl groups excluding tert-OH is 1. The maximum absolute atomic E-state index is 13.3. The average Bonchev–Trinajstić information content (AvgIpc) is 2.78. The zero-order valence-corrected chi connectivity index (χ0v) is 16.7. The van der Waals surface area contributed by atoms with E-state index in [0.717, 1.165) is 11.1 Å². The molecule has 0 saturated heterocycles. The van der Waals surface area contributed by atoms with E-state index in [4.69, 9.17) is 4.74 Å². The quantitative estimate of drug-likeness (QED) is 0.638. The van der Waals surface area contributed by atoms with Gasteiger partial charge in [0, 0.05) is 19.4 Å². The highest BCUT2D eigenvalue weighted by atomic mass is 16.5. The summed E-state index contributed by atoms with van der Waals surface area (Å²) in [6.07, 6.45) is 3.26. The lowest BCUT2D eigenvalue weighted by Gasteiger charge is -2.26. The van der Waals surface area contributed by atoms with Crippen LogP contribution in [0.15, 0.2) is 79.1 Å². The highest BCUT2D eigenvalue weighted by Gasteiger charge is 2.26. The number of hydrogen-bond acceptors (Lipinski definition) is 4. The molecule has 3 rings (SSSR count). The third-order valence-corrected chi connectivity index (χ3v) is 4.96. The first-order valence-electron chi connectivity index (χ1n) is 9.59. The van der Waals surface area contributed by atoms with Crippen molar-refractivity contribution in [1.82, 2.24) is 9.88 Å². The number of pyridine rings is 1. The number of methoxy groups -OCH3 is 1. The SMILES string of the molecule is COc1cccc(C(O)CN(C)C(=O)C(Cc2cccnc2)c2ccccc2)c1. The lowest BCUT2D eigenvalue weighted by atomic mass is 9.91. The lowest BCUT2D eigenvalue weighted by Crippen LogP contribution is -2.35. The van der Waals surface area contributed by atoms with Gasteiger partial charge in [-0.15, -0.1) is 0 Å². The van der Waals surface area contributed by atoms with Gasteiger partial charge in [0.25, 0.3) is 0 Å². The highest BCUT2D eigenvalue weighted by molar-refractivity contribution is 5.84. The number of carbonyl (C=O) groups is 1. The van der Waals surface area contributed by atoms with E-state index in [1.807, 2.05) is 60.7 Å². The summed E-state index contributed by atoms with van der Waals surface area (Å²) in [7, 11) is 3.31. The van der Waals surface area contributed by atoms with E-state index < -0.39 is 6.10 Å². The first-order valence-corrected chi connectivity index (χ1v) is 9.59. The highest BCUT2D eigenvalue weighted by Crippen LogP contribution is 2.25. The molecule has 0 saturated carbocycles. The van der Waals surface area contributed by atoms with E-state index in [-0.39, 0.29) is 18.4 Å². The van der Waals surface area contributed by atoms with Crippen molar-refractivity contribution in [2.24, 2.45) is 0 Å². The molecule has 2 unspecified atom stereocenters. The zero-order chi connectivity index (χ0) is 20.6. The summed E-state index contributed by atoms with van der Waals surface area (Å²) < 4.78 is 5.22. The Balaban J connectivity index is 1.77. The van der Waals surface area contributed by atoms with E-state index in [9.17, 15) is 9.90 Å². The van der Waals surface area contributed by atoms with Gasteiger partial charge in [-0.05, 0) is 41.3 Å². The van der Waals surface area contributed by atoms with E-state index in [0.29, 0.717) is 17.7 Å². The molecule has 0 fully saturated rings. The monoisotopic (exact) mass is 390 g/mol. The van der Waals surface area contributed by atoms with Crippen LogP contribution < -0.4 is 4.74 Å². The fourth-order valence-electron chi connectivity index (χ4n) is 3.36. The second-order valence-electron chi connectivity index (χ2n) is 7.04. The van der Waals surface area contributed by atoms with Gasteiger partial charge in [0.1, 0.15) is 5.75 Å². The largest absolute Gasteiger partial charge is 0.497 e. The molecular formula is C24H26N2O3. The van der Waals surface area contributed by atoms with E-state index >= 15 is 0 Å². The van der Waals surface area contributed by atoms with Crippen molar-refractivity contribution in [2.75, 3.05) is 20.7 Å². The number of hydrogen-bond donors (Lipinski definition) is 1. The van der Waals surface area contributed by atoms with Gasteiger partial charge in [0.05, 0.1) is 25.7 Å². The normalized spacial score (nSPS) is 12.8. The third kappa shape index (κ3) is 5.42. The van der Waals surface area contributed by atoms with Crippen LogP contribution in [0, 0.1) is 0 Å². The summed E-state index contributed by atoms with van der Waals surface area (Å²) in [5, 5.41) is 10.6. The Morgan fingerprint density at radius 3 is 2.52 bits per heavy atom. The van der Waals surface area contributed by atoms with E-state index in [1.165, 1.54) is 0 Å². The maximum atomic E-state index is 13.3. The number of aliphatic hydroxyl groups is 1. The summed E-state index contributed by atoms with van der Waals surface area (Å²) in [5.41, 5.74) is 2.66. The standard InChI is InChI=1S/C24H26N2O3/c1-26(17-23(27)20-11-6-12-21(15-20)29-2)24(28)22(19-9-4-3-5-10-19)14-18-8-7-13-25-16-18/h3-13,15-16,22-23,27H,14,17H2,1-2H3. The van der Waals surface area contributed by atoms with Crippen molar-refractivity contribution in [2.45, 2.75) is 18.4 Å². The Labute approximate surface area is 171 Å². The fourth-order valence-corrected chi connectivity index (χ4v) is 3.36. The van der Waals surface area contributed by atoms with Gasteiger partial charge in [-0.1, -0.05) is 48.5 Å². The molecule has 0 aliphatic heterocycles. The van der Waals surface area contributed by atoms with Gasteiger partial charge >= 0.3 is 0 Å². The molecule has 0 aliphatic rings. The molecule has 1 heterocycles. The Hall–Kier alpha value is -3.18. The predicted molar refractivity (Wildman–Crippen MR) is 113 cm³/mol. The third-order valence-electron chi connectivity index (χ3n) is 4.96. The van der Waals surface area contributed by atoms with Crippen LogP contribution in [0.4, 0.5) is 0 Å². The Morgan fingerprint density at radius 2 is 1.83 bits per heavy atom. The molecule has 1 N–H and O–H groups in total. The van der Waals surface area contributed by atoms with Gasteiger partial charge in [0.15, 0.2) is 0 Å². The van der Waals surface area contributed by atoms with Gasteiger partial charge in [0.2, 0.25) is 5.91 Å². The minimum atomic E-state index is -0.797. The molecule has 2 atom stereocenters. The van der Waals surface area contributed by atoms with Crippen LogP contribution in [0.5, 0.6) is 5.75 Å². The summed E-state index contributed by atoms with van der Waals surface area (Å²) in [6, 6.07) is 20.8. The van der Waals surface area contributed by atoms with Crippen molar-refractivity contribution < 1.29 is 14.6 Å². The first kappa shape index (κ1) is 20.6. The predicted octanol–water partition coefficient (Wildman–Crippen LogP) is 3.61. The van der Waals surface area contributed by atoms with Gasteiger partial charge in [-0.2, -0.15) is 0 Å². The van der Waals surface area contributed by atoms with Crippen molar-refractivity contribution in [3.63, 3.8) is 0 Å². The lowest BCUT2D eigenvalue weighted by molar-refractivity contribution is -0.132. The zero-order valence-electron chi connectivity index (χ0n) is 16.7. The number of likely N-dealkylation sites (N-methyl/N-ethyl adjacent to an activating group) is 1. The average molecular weight is 390 g/mol. The molecule has 2 aromatic carbocycles. The Kier molecular flexibility index (Phi) is 6.98. The van der Waals surface area contributed by atoms with Gasteiger partial charge < -0.3 is 14.7 Å². The molecule has 0 spiro atoms. The van der Waals surface area contributed by atoms with Crippen LogP contribution in [0.3, 0.4) is 0 Å². The second kappa shape index (κ2) is 9.85. The molecule has 150 valence electrons. The number of amides is 1. The van der Waals surface area contributed by atoms with Crippen molar-refractivity contribution in [1.29, 1.82) is 0 Å². The Morgan fingerprint density at radius 1 is 1.07 bits per heavy atom. The fraction of sp³-hybridized carbons (Fsp3) is 0.250. The van der Waals surface area contributed by atoms with Crippen LogP contribution in [-0.4, -0.2) is 41.6 Å². The molecule has 29 heavy (non-hydrogen) atoms. The molecule has 0 bridgehead atoms. The van der Waals surface area contributed by atoms with E-state index in [2.05, 4.69) is 4.98 Å². The number of benzene rings is 2. The molecular weight excluding hydrogens is 364 g/mol. The first-order chi connectivity index (χ1) is 14.1. The van der Waals surface area contributed by atoms with Crippen LogP contribution in [0.2, 0.25) is 0 Å². The minimum Gasteiger partial charge on any atom is -0.497 e. The number of aromatic nitrogens is 1. The summed E-state index contributed by atoms with van der Waals surface area (Å²) in [4.78, 5) is 19.1. The molecule has 1 amide bonds. The molecule has 3 aromatic rings. The van der Waals surface area contributed by atoms with Crippen LogP contribution in [0.1, 0.15) is 28.7 Å². The molecule has 1 aromatic heterocycles. The number of ether oxygens (including phenoxy) is 1. The van der Waals surface area contributed by atoms with Crippen LogP contribution >= 0.6 is 0 Å². The van der Waals surface area contributed by atoms with Crippen molar-refractivity contribution in [3.8, 4) is 5.75 Å². The molecule has 5 heteroatoms. The molecule has 0 aliphatic carbocycles. The number of nitrogens with zero attached hydrogens (tertiary/aromatic N) is 2. The number of rotatable bonds is 8. The van der Waals surface area contributed by atoms with Crippen LogP contribution in [0.25, 0.3) is 0 Å². The number of carbonyl (C=O) groups excluding carboxylic acids is 1. The summed E-state index contributed by atoms with van der Waals surface area (Å²) >= 11 is 0. The topological polar surface area (TPSA) is 62.7 Å². The molecule has 0 radical (unpaired) electrons. The summed E-state index contributed by atoms with van der Waals surface area (Å²) in [6.45, 7) is 0.197. The second-order valence-corrected chi connectivity index (χ2v) is 7.04. The van der Waals surface area contributed by atoms with E-state index in [1.54, 1.807) is 37.5 Å². The van der Waals surface area contributed by atoms with Crippen molar-refractivity contribution >= 4 is 5.91 Å². The minimum absolute atomic E-state index is 0.0398. The maximum Gasteiger partial charge on any atom is 0.230 e.